The van der Waals surface area contributed by atoms with E-state index in [1.807, 2.05) is 0 Å². The lowest BCUT2D eigenvalue weighted by Gasteiger charge is -2.42. The smallest absolute Gasteiger partial charge is 0.254 e. The molecule has 4 heteroatoms. The fraction of sp³-hybridized carbons (Fsp3) is 0.632. The molecule has 0 aliphatic carbocycles. The number of hydrogen-bond acceptors (Lipinski definition) is 2. The topological polar surface area (TPSA) is 23.6 Å². The Hall–Kier alpha value is -1.42. The molecule has 126 valence electrons. The number of rotatable bonds is 5. The summed E-state index contributed by atoms with van der Waals surface area (Å²) in [5.74, 6) is -0.230. The Balaban J connectivity index is 1.77. The fourth-order valence-electron chi connectivity index (χ4n) is 4.17. The Morgan fingerprint density at radius 1 is 1.22 bits per heavy atom. The number of amides is 1. The third-order valence-corrected chi connectivity index (χ3v) is 5.62. The van der Waals surface area contributed by atoms with Gasteiger partial charge in [-0.2, -0.15) is 0 Å². The predicted molar refractivity (Wildman–Crippen MR) is 89.9 cm³/mol. The van der Waals surface area contributed by atoms with Gasteiger partial charge in [0.1, 0.15) is 5.82 Å². The monoisotopic (exact) mass is 318 g/mol. The number of fused-ring (bicyclic) bond motifs is 2. The number of piperidine rings is 1. The van der Waals surface area contributed by atoms with E-state index >= 15 is 0 Å². The Kier molecular flexibility index (Phi) is 5.00. The molecule has 0 saturated carbocycles. The van der Waals surface area contributed by atoms with Gasteiger partial charge in [0.25, 0.3) is 5.91 Å². The SMILES string of the molecule is CCCCN(C(=O)c1ccc(F)cc1)C1CC2CCC(C1)N2C. The molecule has 3 rings (SSSR count). The second-order valence-corrected chi connectivity index (χ2v) is 7.03. The fourth-order valence-corrected chi connectivity index (χ4v) is 4.17. The third-order valence-electron chi connectivity index (χ3n) is 5.62. The van der Waals surface area contributed by atoms with Crippen molar-refractivity contribution >= 4 is 5.91 Å². The predicted octanol–water partition coefficient (Wildman–Crippen LogP) is 3.69. The summed E-state index contributed by atoms with van der Waals surface area (Å²) in [5.41, 5.74) is 0.605. The van der Waals surface area contributed by atoms with E-state index in [9.17, 15) is 9.18 Å². The summed E-state index contributed by atoms with van der Waals surface area (Å²) in [5, 5.41) is 0. The van der Waals surface area contributed by atoms with Gasteiger partial charge >= 0.3 is 0 Å². The van der Waals surface area contributed by atoms with Gasteiger partial charge in [-0.3, -0.25) is 4.79 Å². The largest absolute Gasteiger partial charge is 0.336 e. The van der Waals surface area contributed by atoms with Crippen molar-refractivity contribution in [1.82, 2.24) is 9.80 Å². The molecule has 1 aromatic carbocycles. The molecule has 1 amide bonds. The lowest BCUT2D eigenvalue weighted by atomic mass is 9.95. The Morgan fingerprint density at radius 3 is 2.39 bits per heavy atom. The molecule has 0 spiro atoms. The van der Waals surface area contributed by atoms with Gasteiger partial charge in [-0.25, -0.2) is 4.39 Å². The van der Waals surface area contributed by atoms with Crippen molar-refractivity contribution in [3.8, 4) is 0 Å². The zero-order valence-corrected chi connectivity index (χ0v) is 14.2. The van der Waals surface area contributed by atoms with Gasteiger partial charge in [0.05, 0.1) is 0 Å². The molecule has 3 nitrogen and oxygen atoms in total. The average molecular weight is 318 g/mol. The van der Waals surface area contributed by atoms with E-state index in [4.69, 9.17) is 0 Å². The summed E-state index contributed by atoms with van der Waals surface area (Å²) < 4.78 is 13.1. The molecule has 2 aliphatic rings. The van der Waals surface area contributed by atoms with Crippen LogP contribution in [0.4, 0.5) is 4.39 Å². The molecular formula is C19H27FN2O. The Labute approximate surface area is 138 Å². The van der Waals surface area contributed by atoms with E-state index in [0.29, 0.717) is 23.7 Å². The van der Waals surface area contributed by atoms with Gasteiger partial charge in [-0.15, -0.1) is 0 Å². The highest BCUT2D eigenvalue weighted by molar-refractivity contribution is 5.94. The summed E-state index contributed by atoms with van der Waals surface area (Å²) in [4.78, 5) is 17.5. The summed E-state index contributed by atoms with van der Waals surface area (Å²) in [6.45, 7) is 2.96. The number of nitrogens with zero attached hydrogens (tertiary/aromatic N) is 2. The van der Waals surface area contributed by atoms with E-state index in [1.54, 1.807) is 12.1 Å². The normalized spacial score (nSPS) is 27.2. The molecule has 2 bridgehead atoms. The first-order valence-electron chi connectivity index (χ1n) is 8.88. The van der Waals surface area contributed by atoms with Crippen LogP contribution in [0.25, 0.3) is 0 Å². The summed E-state index contributed by atoms with van der Waals surface area (Å²) in [6.07, 6.45) is 6.75. The minimum absolute atomic E-state index is 0.0624. The quantitative estimate of drug-likeness (QED) is 0.826. The van der Waals surface area contributed by atoms with Gasteiger partial charge in [0.15, 0.2) is 0 Å². The third kappa shape index (κ3) is 3.42. The van der Waals surface area contributed by atoms with Crippen LogP contribution in [0.5, 0.6) is 0 Å². The summed E-state index contributed by atoms with van der Waals surface area (Å²) in [7, 11) is 2.22. The Bertz CT molecular complexity index is 531. The molecule has 2 aliphatic heterocycles. The maximum Gasteiger partial charge on any atom is 0.254 e. The van der Waals surface area contributed by atoms with E-state index in [1.165, 1.54) is 25.0 Å². The molecule has 0 radical (unpaired) electrons. The highest BCUT2D eigenvalue weighted by Crippen LogP contribution is 2.36. The van der Waals surface area contributed by atoms with Crippen LogP contribution in [0.3, 0.4) is 0 Å². The first-order valence-corrected chi connectivity index (χ1v) is 8.88. The standard InChI is InChI=1S/C19H27FN2O/c1-3-4-11-22(19(23)14-5-7-15(20)8-6-14)18-12-16-9-10-17(13-18)21(16)2/h5-8,16-18H,3-4,9-13H2,1-2H3. The lowest BCUT2D eigenvalue weighted by Crippen LogP contribution is -2.51. The number of carbonyl (C=O) groups is 1. The zero-order chi connectivity index (χ0) is 16.4. The van der Waals surface area contributed by atoms with Crippen molar-refractivity contribution in [2.45, 2.75) is 63.6 Å². The second kappa shape index (κ2) is 7.00. The van der Waals surface area contributed by atoms with Crippen molar-refractivity contribution < 1.29 is 9.18 Å². The van der Waals surface area contributed by atoms with Crippen molar-refractivity contribution in [1.29, 1.82) is 0 Å². The average Bonchev–Trinajstić information content (AvgIpc) is 2.76. The van der Waals surface area contributed by atoms with Gasteiger partial charge in [0, 0.05) is 30.2 Å². The van der Waals surface area contributed by atoms with Crippen LogP contribution >= 0.6 is 0 Å². The van der Waals surface area contributed by atoms with Crippen molar-refractivity contribution in [2.24, 2.45) is 0 Å². The molecule has 0 aromatic heterocycles. The molecule has 2 unspecified atom stereocenters. The van der Waals surface area contributed by atoms with Gasteiger partial charge in [-0.05, 0) is 63.4 Å². The first kappa shape index (κ1) is 16.4. The Morgan fingerprint density at radius 2 is 1.83 bits per heavy atom. The van der Waals surface area contributed by atoms with Gasteiger partial charge in [-0.1, -0.05) is 13.3 Å². The molecule has 2 saturated heterocycles. The number of benzene rings is 1. The maximum absolute atomic E-state index is 13.1. The van der Waals surface area contributed by atoms with E-state index in [2.05, 4.69) is 23.8 Å². The van der Waals surface area contributed by atoms with Crippen LogP contribution in [0.15, 0.2) is 24.3 Å². The van der Waals surface area contributed by atoms with Crippen LogP contribution in [0.2, 0.25) is 0 Å². The van der Waals surface area contributed by atoms with E-state index < -0.39 is 0 Å². The molecular weight excluding hydrogens is 291 g/mol. The minimum Gasteiger partial charge on any atom is -0.336 e. The number of halogens is 1. The number of carbonyl (C=O) groups excluding carboxylic acids is 1. The van der Waals surface area contributed by atoms with Crippen LogP contribution in [-0.2, 0) is 0 Å². The molecule has 0 N–H and O–H groups in total. The minimum atomic E-state index is -0.293. The second-order valence-electron chi connectivity index (χ2n) is 7.03. The molecule has 2 heterocycles. The van der Waals surface area contributed by atoms with Gasteiger partial charge in [0.2, 0.25) is 0 Å². The molecule has 23 heavy (non-hydrogen) atoms. The lowest BCUT2D eigenvalue weighted by molar-refractivity contribution is 0.0480. The van der Waals surface area contributed by atoms with Crippen LogP contribution in [0.1, 0.15) is 55.8 Å². The number of unbranched alkanes of at least 4 members (excludes halogenated alkanes) is 1. The van der Waals surface area contributed by atoms with Crippen molar-refractivity contribution in [3.05, 3.63) is 35.6 Å². The zero-order valence-electron chi connectivity index (χ0n) is 14.2. The van der Waals surface area contributed by atoms with Crippen LogP contribution in [0, 0.1) is 5.82 Å². The van der Waals surface area contributed by atoms with Crippen LogP contribution < -0.4 is 0 Å². The molecule has 1 aromatic rings. The van der Waals surface area contributed by atoms with E-state index in [0.717, 1.165) is 32.2 Å². The highest BCUT2D eigenvalue weighted by Gasteiger charge is 2.41. The summed E-state index contributed by atoms with van der Waals surface area (Å²) in [6, 6.07) is 7.54. The maximum atomic E-state index is 13.1. The van der Waals surface area contributed by atoms with E-state index in [-0.39, 0.29) is 11.7 Å². The molecule has 2 atom stereocenters. The van der Waals surface area contributed by atoms with Crippen molar-refractivity contribution in [3.63, 3.8) is 0 Å². The van der Waals surface area contributed by atoms with Gasteiger partial charge < -0.3 is 9.80 Å². The molecule has 2 fully saturated rings. The van der Waals surface area contributed by atoms with Crippen molar-refractivity contribution in [2.75, 3.05) is 13.6 Å². The highest BCUT2D eigenvalue weighted by atomic mass is 19.1. The summed E-state index contributed by atoms with van der Waals surface area (Å²) >= 11 is 0. The van der Waals surface area contributed by atoms with Crippen LogP contribution in [-0.4, -0.2) is 47.4 Å². The first-order chi connectivity index (χ1) is 11.1. The number of hydrogen-bond donors (Lipinski definition) is 0.